The van der Waals surface area contributed by atoms with Crippen molar-refractivity contribution in [2.24, 2.45) is 5.92 Å². The Balaban J connectivity index is 1.56. The minimum absolute atomic E-state index is 0.268. The molecule has 0 saturated heterocycles. The lowest BCUT2D eigenvalue weighted by atomic mass is 9.89. The van der Waals surface area contributed by atoms with E-state index in [2.05, 4.69) is 5.32 Å². The fourth-order valence-corrected chi connectivity index (χ4v) is 4.35. The van der Waals surface area contributed by atoms with Gasteiger partial charge in [-0.2, -0.15) is 0 Å². The Bertz CT molecular complexity index is 947. The number of urea groups is 1. The number of carboxylic acid groups (broad SMARTS) is 1. The molecule has 1 aliphatic rings. The third-order valence-corrected chi connectivity index (χ3v) is 6.18. The molecule has 2 aromatic carbocycles. The molecule has 0 aliphatic heterocycles. The van der Waals surface area contributed by atoms with E-state index >= 15 is 0 Å². The standard InChI is InChI=1S/C27H35FN2O5/c1-2-34-25(26(31)32)17-20-11-13-24(14-12-20)35-16-15-30(19-21-7-4-3-5-8-21)27(33)29-23-10-6-9-22(28)18-23/h6,9-14,18,21,25H,2-5,7-8,15-17,19H2,1H3,(H,29,33)(H,31,32). The van der Waals surface area contributed by atoms with E-state index in [-0.39, 0.29) is 12.5 Å². The number of carbonyl (C=O) groups is 2. The van der Waals surface area contributed by atoms with Crippen molar-refractivity contribution in [3.8, 4) is 5.75 Å². The van der Waals surface area contributed by atoms with Crippen molar-refractivity contribution in [1.82, 2.24) is 4.90 Å². The van der Waals surface area contributed by atoms with Gasteiger partial charge in [0.15, 0.2) is 6.10 Å². The summed E-state index contributed by atoms with van der Waals surface area (Å²) in [5, 5.41) is 12.0. The van der Waals surface area contributed by atoms with Crippen LogP contribution in [0.1, 0.15) is 44.6 Å². The zero-order valence-corrected chi connectivity index (χ0v) is 20.2. The van der Waals surface area contributed by atoms with Gasteiger partial charge in [0.2, 0.25) is 0 Å². The molecule has 0 aromatic heterocycles. The lowest BCUT2D eigenvalue weighted by Crippen LogP contribution is -2.41. The molecule has 1 unspecified atom stereocenters. The number of hydrogen-bond donors (Lipinski definition) is 2. The summed E-state index contributed by atoms with van der Waals surface area (Å²) in [5.74, 6) is -0.292. The highest BCUT2D eigenvalue weighted by Crippen LogP contribution is 2.25. The summed E-state index contributed by atoms with van der Waals surface area (Å²) in [5.41, 5.74) is 1.26. The molecule has 1 aliphatic carbocycles. The van der Waals surface area contributed by atoms with Crippen LogP contribution in [-0.2, 0) is 16.0 Å². The van der Waals surface area contributed by atoms with Crippen molar-refractivity contribution in [3.05, 3.63) is 59.9 Å². The number of halogens is 1. The first-order valence-electron chi connectivity index (χ1n) is 12.3. The number of ether oxygens (including phenoxy) is 2. The molecule has 35 heavy (non-hydrogen) atoms. The van der Waals surface area contributed by atoms with E-state index in [9.17, 15) is 19.1 Å². The first kappa shape index (κ1) is 26.5. The third kappa shape index (κ3) is 8.87. The van der Waals surface area contributed by atoms with Gasteiger partial charge < -0.3 is 24.8 Å². The molecule has 1 fully saturated rings. The van der Waals surface area contributed by atoms with Gasteiger partial charge >= 0.3 is 12.0 Å². The second-order valence-electron chi connectivity index (χ2n) is 8.87. The van der Waals surface area contributed by atoms with Gasteiger partial charge in [0, 0.05) is 25.3 Å². The maximum atomic E-state index is 13.5. The van der Waals surface area contributed by atoms with Crippen LogP contribution in [0, 0.1) is 11.7 Å². The number of amides is 2. The van der Waals surface area contributed by atoms with Crippen LogP contribution in [0.2, 0.25) is 0 Å². The Labute approximate surface area is 206 Å². The Morgan fingerprint density at radius 2 is 1.89 bits per heavy atom. The molecule has 0 radical (unpaired) electrons. The van der Waals surface area contributed by atoms with Crippen LogP contribution in [0.25, 0.3) is 0 Å². The number of nitrogens with zero attached hydrogens (tertiary/aromatic N) is 1. The highest BCUT2D eigenvalue weighted by molar-refractivity contribution is 5.89. The first-order valence-corrected chi connectivity index (χ1v) is 12.3. The van der Waals surface area contributed by atoms with E-state index in [0.29, 0.717) is 43.7 Å². The third-order valence-electron chi connectivity index (χ3n) is 6.18. The molecule has 1 atom stereocenters. The van der Waals surface area contributed by atoms with Crippen molar-refractivity contribution >= 4 is 17.7 Å². The largest absolute Gasteiger partial charge is 0.492 e. The average Bonchev–Trinajstić information content (AvgIpc) is 2.84. The molecule has 3 rings (SSSR count). The Hall–Kier alpha value is -3.13. The summed E-state index contributed by atoms with van der Waals surface area (Å²) in [4.78, 5) is 26.0. The normalized spacial score (nSPS) is 14.8. The van der Waals surface area contributed by atoms with Crippen LogP contribution in [0.15, 0.2) is 48.5 Å². The monoisotopic (exact) mass is 486 g/mol. The molecule has 2 aromatic rings. The molecule has 190 valence electrons. The van der Waals surface area contributed by atoms with Crippen LogP contribution in [-0.4, -0.2) is 54.4 Å². The molecular weight excluding hydrogens is 451 g/mol. The zero-order valence-electron chi connectivity index (χ0n) is 20.2. The maximum Gasteiger partial charge on any atom is 0.333 e. The second kappa shape index (κ2) is 13.7. The summed E-state index contributed by atoms with van der Waals surface area (Å²) >= 11 is 0. The van der Waals surface area contributed by atoms with E-state index < -0.39 is 17.9 Å². The predicted molar refractivity (Wildman–Crippen MR) is 132 cm³/mol. The zero-order chi connectivity index (χ0) is 25.0. The number of hydrogen-bond acceptors (Lipinski definition) is 4. The highest BCUT2D eigenvalue weighted by Gasteiger charge is 2.22. The van der Waals surface area contributed by atoms with Gasteiger partial charge in [-0.05, 0) is 61.6 Å². The Morgan fingerprint density at radius 3 is 2.54 bits per heavy atom. The fourth-order valence-electron chi connectivity index (χ4n) is 4.35. The molecule has 8 heteroatoms. The summed E-state index contributed by atoms with van der Waals surface area (Å²) in [6.45, 7) is 3.44. The quantitative estimate of drug-likeness (QED) is 0.422. The van der Waals surface area contributed by atoms with Crippen LogP contribution >= 0.6 is 0 Å². The number of anilines is 1. The van der Waals surface area contributed by atoms with Gasteiger partial charge in [0.1, 0.15) is 18.2 Å². The molecule has 2 N–H and O–H groups in total. The predicted octanol–water partition coefficient (Wildman–Crippen LogP) is 5.35. The molecule has 0 bridgehead atoms. The van der Waals surface area contributed by atoms with Crippen LogP contribution < -0.4 is 10.1 Å². The van der Waals surface area contributed by atoms with Crippen molar-refractivity contribution in [3.63, 3.8) is 0 Å². The number of rotatable bonds is 12. The summed E-state index contributed by atoms with van der Waals surface area (Å²) < 4.78 is 24.7. The minimum Gasteiger partial charge on any atom is -0.492 e. The summed E-state index contributed by atoms with van der Waals surface area (Å²) in [6, 6.07) is 12.8. The van der Waals surface area contributed by atoms with Crippen LogP contribution in [0.5, 0.6) is 5.75 Å². The number of nitrogens with one attached hydrogen (secondary N) is 1. The Kier molecular flexibility index (Phi) is 10.3. The first-order chi connectivity index (χ1) is 16.9. The van der Waals surface area contributed by atoms with Crippen LogP contribution in [0.4, 0.5) is 14.9 Å². The lowest BCUT2D eigenvalue weighted by molar-refractivity contribution is -0.149. The van der Waals surface area contributed by atoms with E-state index in [0.717, 1.165) is 18.4 Å². The van der Waals surface area contributed by atoms with Gasteiger partial charge in [0.05, 0.1) is 6.54 Å². The number of carbonyl (C=O) groups excluding carboxylic acids is 1. The van der Waals surface area contributed by atoms with Gasteiger partial charge in [0.25, 0.3) is 0 Å². The van der Waals surface area contributed by atoms with Gasteiger partial charge in [-0.1, -0.05) is 37.5 Å². The van der Waals surface area contributed by atoms with E-state index in [4.69, 9.17) is 9.47 Å². The lowest BCUT2D eigenvalue weighted by Gasteiger charge is -2.30. The molecule has 0 spiro atoms. The van der Waals surface area contributed by atoms with Crippen molar-refractivity contribution in [2.75, 3.05) is 31.6 Å². The maximum absolute atomic E-state index is 13.5. The summed E-state index contributed by atoms with van der Waals surface area (Å²) in [6.07, 6.45) is 5.20. The molecule has 0 heterocycles. The van der Waals surface area contributed by atoms with E-state index in [1.54, 1.807) is 36.1 Å². The molecule has 7 nitrogen and oxygen atoms in total. The summed E-state index contributed by atoms with van der Waals surface area (Å²) in [7, 11) is 0. The average molecular weight is 487 g/mol. The Morgan fingerprint density at radius 1 is 1.14 bits per heavy atom. The minimum atomic E-state index is -0.984. The SMILES string of the molecule is CCOC(Cc1ccc(OCCN(CC2CCCCC2)C(=O)Nc2cccc(F)c2)cc1)C(=O)O. The van der Waals surface area contributed by atoms with Crippen molar-refractivity contribution in [1.29, 1.82) is 0 Å². The topological polar surface area (TPSA) is 88.1 Å². The smallest absolute Gasteiger partial charge is 0.333 e. The van der Waals surface area contributed by atoms with Crippen molar-refractivity contribution < 1.29 is 28.6 Å². The molecular formula is C27H35FN2O5. The molecule has 1 saturated carbocycles. The second-order valence-corrected chi connectivity index (χ2v) is 8.87. The highest BCUT2D eigenvalue weighted by atomic mass is 19.1. The molecule has 2 amide bonds. The van der Waals surface area contributed by atoms with E-state index in [1.165, 1.54) is 31.4 Å². The van der Waals surface area contributed by atoms with Gasteiger partial charge in [-0.25, -0.2) is 14.0 Å². The van der Waals surface area contributed by atoms with Gasteiger partial charge in [-0.15, -0.1) is 0 Å². The number of carboxylic acids is 1. The number of aliphatic carboxylic acids is 1. The van der Waals surface area contributed by atoms with Crippen LogP contribution in [0.3, 0.4) is 0 Å². The van der Waals surface area contributed by atoms with Crippen molar-refractivity contribution in [2.45, 2.75) is 51.6 Å². The number of benzene rings is 2. The fraction of sp³-hybridized carbons (Fsp3) is 0.481. The van der Waals surface area contributed by atoms with Gasteiger partial charge in [-0.3, -0.25) is 0 Å². The van der Waals surface area contributed by atoms with E-state index in [1.807, 2.05) is 12.1 Å².